The van der Waals surface area contributed by atoms with Crippen molar-refractivity contribution in [2.75, 3.05) is 24.4 Å². The Bertz CT molecular complexity index is 1240. The maximum Gasteiger partial charge on any atom is 0.261 e. The number of likely N-dealkylation sites (tertiary alicyclic amines) is 1. The van der Waals surface area contributed by atoms with E-state index < -0.39 is 11.3 Å². The van der Waals surface area contributed by atoms with Crippen LogP contribution in [0.4, 0.5) is 5.69 Å². The summed E-state index contributed by atoms with van der Waals surface area (Å²) in [7, 11) is 0. The van der Waals surface area contributed by atoms with Gasteiger partial charge in [-0.15, -0.1) is 0 Å². The highest BCUT2D eigenvalue weighted by atomic mass is 32.2. The Hall–Kier alpha value is -3.07. The fourth-order valence-electron chi connectivity index (χ4n) is 5.09. The summed E-state index contributed by atoms with van der Waals surface area (Å²) in [6, 6.07) is 16.4. The van der Waals surface area contributed by atoms with E-state index in [9.17, 15) is 18.4 Å². The molecule has 176 valence electrons. The zero-order chi connectivity index (χ0) is 23.7. The van der Waals surface area contributed by atoms with Crippen LogP contribution in [0.1, 0.15) is 51.1 Å². The van der Waals surface area contributed by atoms with Gasteiger partial charge in [-0.1, -0.05) is 42.8 Å². The number of nitrogens with one attached hydrogen (secondary N) is 1. The molecule has 1 fully saturated rings. The van der Waals surface area contributed by atoms with Gasteiger partial charge in [-0.2, -0.15) is 0 Å². The van der Waals surface area contributed by atoms with Crippen LogP contribution in [0.15, 0.2) is 54.6 Å². The summed E-state index contributed by atoms with van der Waals surface area (Å²) in [5.41, 5.74) is 3.10. The average molecular weight is 478 g/mol. The van der Waals surface area contributed by atoms with E-state index in [1.807, 2.05) is 36.4 Å². The first-order valence-corrected chi connectivity index (χ1v) is 12.7. The summed E-state index contributed by atoms with van der Waals surface area (Å²) in [6.07, 6.45) is 4.38. The number of hydrogen-bond acceptors (Lipinski definition) is 4. The molecule has 0 spiro atoms. The van der Waals surface area contributed by atoms with Crippen LogP contribution < -0.4 is 4.72 Å². The Morgan fingerprint density at radius 2 is 1.53 bits per heavy atom. The van der Waals surface area contributed by atoms with Gasteiger partial charge in [0.05, 0.1) is 12.2 Å². The Morgan fingerprint density at radius 1 is 0.882 bits per heavy atom. The quantitative estimate of drug-likeness (QED) is 0.393. The fourth-order valence-corrected chi connectivity index (χ4v) is 5.47. The molecule has 3 aromatic rings. The van der Waals surface area contributed by atoms with E-state index in [1.165, 1.54) is 24.2 Å². The molecule has 34 heavy (non-hydrogen) atoms. The normalized spacial score (nSPS) is 17.3. The number of imide groups is 1. The summed E-state index contributed by atoms with van der Waals surface area (Å²) in [5, 5.41) is 1.54. The highest BCUT2D eigenvalue weighted by Crippen LogP contribution is 2.32. The molecule has 3 aromatic carbocycles. The maximum absolute atomic E-state index is 13.4. The van der Waals surface area contributed by atoms with E-state index in [4.69, 9.17) is 0 Å². The van der Waals surface area contributed by atoms with Gasteiger partial charge in [-0.3, -0.25) is 23.8 Å². The molecule has 2 N–H and O–H groups in total. The van der Waals surface area contributed by atoms with Crippen LogP contribution in [-0.2, 0) is 24.2 Å². The van der Waals surface area contributed by atoms with Crippen molar-refractivity contribution in [3.05, 3.63) is 76.9 Å². The molecule has 1 saturated heterocycles. The molecule has 5 rings (SSSR count). The SMILES string of the molecule is O=C1c2cccc3cccc(c23)C(=O)N1Cc1c(CCN2CCCCC2)cccc1NS(=O)O. The number of benzene rings is 3. The van der Waals surface area contributed by atoms with E-state index in [2.05, 4.69) is 9.62 Å². The Balaban J connectivity index is 1.49. The van der Waals surface area contributed by atoms with Crippen molar-refractivity contribution in [2.45, 2.75) is 32.2 Å². The molecule has 0 radical (unpaired) electrons. The van der Waals surface area contributed by atoms with E-state index in [0.29, 0.717) is 27.8 Å². The van der Waals surface area contributed by atoms with Crippen LogP contribution in [-0.4, -0.2) is 50.0 Å². The molecule has 8 heteroatoms. The third-order valence-corrected chi connectivity index (χ3v) is 7.18. The summed E-state index contributed by atoms with van der Waals surface area (Å²) < 4.78 is 23.7. The molecule has 1 atom stereocenters. The zero-order valence-corrected chi connectivity index (χ0v) is 19.6. The van der Waals surface area contributed by atoms with Crippen molar-refractivity contribution in [3.8, 4) is 0 Å². The molecular weight excluding hydrogens is 450 g/mol. The van der Waals surface area contributed by atoms with Crippen molar-refractivity contribution in [2.24, 2.45) is 0 Å². The zero-order valence-electron chi connectivity index (χ0n) is 18.8. The summed E-state index contributed by atoms with van der Waals surface area (Å²) in [4.78, 5) is 30.5. The molecule has 0 aliphatic carbocycles. The largest absolute Gasteiger partial charge is 0.303 e. The van der Waals surface area contributed by atoms with Gasteiger partial charge in [-0.05, 0) is 67.1 Å². The first kappa shape index (κ1) is 22.7. The number of carbonyl (C=O) groups excluding carboxylic acids is 2. The van der Waals surface area contributed by atoms with Crippen LogP contribution in [0.3, 0.4) is 0 Å². The lowest BCUT2D eigenvalue weighted by molar-refractivity contribution is 0.0598. The van der Waals surface area contributed by atoms with Gasteiger partial charge in [0.15, 0.2) is 0 Å². The topological polar surface area (TPSA) is 90.0 Å². The molecule has 1 unspecified atom stereocenters. The minimum absolute atomic E-state index is 0.0259. The summed E-state index contributed by atoms with van der Waals surface area (Å²) in [6.45, 7) is 3.02. The molecule has 7 nitrogen and oxygen atoms in total. The number of amides is 2. The highest BCUT2D eigenvalue weighted by molar-refractivity contribution is 7.80. The van der Waals surface area contributed by atoms with Gasteiger partial charge in [0.25, 0.3) is 23.1 Å². The van der Waals surface area contributed by atoms with Crippen molar-refractivity contribution in [3.63, 3.8) is 0 Å². The van der Waals surface area contributed by atoms with Gasteiger partial charge in [0, 0.05) is 23.1 Å². The van der Waals surface area contributed by atoms with Crippen molar-refractivity contribution in [1.29, 1.82) is 0 Å². The van der Waals surface area contributed by atoms with Crippen LogP contribution in [0.25, 0.3) is 10.8 Å². The number of rotatable bonds is 7. The average Bonchev–Trinajstić information content (AvgIpc) is 2.85. The molecular formula is C26H27N3O4S. The maximum atomic E-state index is 13.4. The molecule has 0 saturated carbocycles. The lowest BCUT2D eigenvalue weighted by Crippen LogP contribution is -2.40. The van der Waals surface area contributed by atoms with E-state index in [1.54, 1.807) is 18.2 Å². The van der Waals surface area contributed by atoms with Gasteiger partial charge >= 0.3 is 0 Å². The number of hydrogen-bond donors (Lipinski definition) is 2. The van der Waals surface area contributed by atoms with Gasteiger partial charge in [0.2, 0.25) is 0 Å². The Labute approximate surface area is 201 Å². The number of anilines is 1. The monoisotopic (exact) mass is 477 g/mol. The van der Waals surface area contributed by atoms with Crippen molar-refractivity contribution < 1.29 is 18.4 Å². The van der Waals surface area contributed by atoms with Crippen LogP contribution in [0.5, 0.6) is 0 Å². The first-order valence-electron chi connectivity index (χ1n) is 11.6. The summed E-state index contributed by atoms with van der Waals surface area (Å²) >= 11 is -2.28. The second-order valence-corrected chi connectivity index (χ2v) is 9.55. The van der Waals surface area contributed by atoms with Crippen LogP contribution in [0, 0.1) is 0 Å². The molecule has 2 aliphatic heterocycles. The predicted molar refractivity (Wildman–Crippen MR) is 133 cm³/mol. The fraction of sp³-hybridized carbons (Fsp3) is 0.308. The lowest BCUT2D eigenvalue weighted by Gasteiger charge is -2.29. The van der Waals surface area contributed by atoms with Gasteiger partial charge in [-0.25, -0.2) is 4.21 Å². The smallest absolute Gasteiger partial charge is 0.261 e. The first-order chi connectivity index (χ1) is 16.5. The lowest BCUT2D eigenvalue weighted by atomic mass is 9.93. The Kier molecular flexibility index (Phi) is 6.45. The molecule has 2 heterocycles. The third-order valence-electron chi connectivity index (χ3n) is 6.79. The third kappa shape index (κ3) is 4.36. The number of piperidine rings is 1. The molecule has 2 amide bonds. The van der Waals surface area contributed by atoms with E-state index >= 15 is 0 Å². The van der Waals surface area contributed by atoms with Crippen LogP contribution in [0.2, 0.25) is 0 Å². The number of carbonyl (C=O) groups is 2. The highest BCUT2D eigenvalue weighted by Gasteiger charge is 2.33. The van der Waals surface area contributed by atoms with E-state index in [0.717, 1.165) is 37.0 Å². The summed E-state index contributed by atoms with van der Waals surface area (Å²) in [5.74, 6) is -0.701. The van der Waals surface area contributed by atoms with Gasteiger partial charge in [0.1, 0.15) is 0 Å². The predicted octanol–water partition coefficient (Wildman–Crippen LogP) is 4.21. The van der Waals surface area contributed by atoms with Crippen molar-refractivity contribution >= 4 is 39.5 Å². The van der Waals surface area contributed by atoms with Gasteiger partial charge < -0.3 is 4.90 Å². The van der Waals surface area contributed by atoms with Crippen LogP contribution >= 0.6 is 0 Å². The Morgan fingerprint density at radius 3 is 2.18 bits per heavy atom. The minimum Gasteiger partial charge on any atom is -0.303 e. The van der Waals surface area contributed by atoms with E-state index in [-0.39, 0.29) is 18.4 Å². The molecule has 0 aromatic heterocycles. The second-order valence-electron chi connectivity index (χ2n) is 8.85. The van der Waals surface area contributed by atoms with Crippen molar-refractivity contribution in [1.82, 2.24) is 9.80 Å². The standard InChI is InChI=1S/C26H27N3O4S/c30-25-20-10-4-8-19-9-5-11-21(24(19)20)26(31)29(25)17-22-18(7-6-12-23(22)27-34(32)33)13-16-28-14-2-1-3-15-28/h4-12,27H,1-3,13-17H2,(H,32,33). The molecule has 2 aliphatic rings. The molecule has 0 bridgehead atoms. The minimum atomic E-state index is -2.28. The number of nitrogens with zero attached hydrogens (tertiary/aromatic N) is 2. The second kappa shape index (κ2) is 9.66.